The highest BCUT2D eigenvalue weighted by atomic mass is 15.2. The predicted octanol–water partition coefficient (Wildman–Crippen LogP) is 2.45. The number of aliphatic imine (C=N–C) groups is 1. The molecule has 0 amide bonds. The van der Waals surface area contributed by atoms with Crippen molar-refractivity contribution >= 4 is 11.6 Å². The Labute approximate surface area is 116 Å². The molecule has 0 atom stereocenters. The van der Waals surface area contributed by atoms with Gasteiger partial charge in [-0.05, 0) is 45.0 Å². The van der Waals surface area contributed by atoms with Gasteiger partial charge in [0.05, 0.1) is 6.54 Å². The zero-order valence-corrected chi connectivity index (χ0v) is 12.5. The monoisotopic (exact) mass is 262 g/mol. The molecule has 3 N–H and O–H groups in total. The van der Waals surface area contributed by atoms with E-state index in [4.69, 9.17) is 5.73 Å². The van der Waals surface area contributed by atoms with Crippen molar-refractivity contribution in [3.63, 3.8) is 0 Å². The maximum absolute atomic E-state index is 5.88. The van der Waals surface area contributed by atoms with Crippen molar-refractivity contribution in [2.24, 2.45) is 10.7 Å². The third kappa shape index (κ3) is 5.75. The number of likely N-dealkylation sites (N-methyl/N-ethyl adjacent to an activating group) is 1. The van der Waals surface area contributed by atoms with Gasteiger partial charge < -0.3 is 11.1 Å². The maximum atomic E-state index is 5.88. The van der Waals surface area contributed by atoms with Crippen LogP contribution in [0.15, 0.2) is 29.3 Å². The molecule has 0 saturated heterocycles. The minimum absolute atomic E-state index is 0.477. The van der Waals surface area contributed by atoms with E-state index >= 15 is 0 Å². The smallest absolute Gasteiger partial charge is 0.193 e. The number of anilines is 1. The second-order valence-corrected chi connectivity index (χ2v) is 4.98. The van der Waals surface area contributed by atoms with Crippen LogP contribution in [0.1, 0.15) is 26.3 Å². The zero-order valence-electron chi connectivity index (χ0n) is 12.5. The fraction of sp³-hybridized carbons (Fsp3) is 0.533. The van der Waals surface area contributed by atoms with Crippen LogP contribution in [0.3, 0.4) is 0 Å². The summed E-state index contributed by atoms with van der Waals surface area (Å²) in [7, 11) is 0. The molecule has 0 radical (unpaired) electrons. The Balaban J connectivity index is 2.45. The summed E-state index contributed by atoms with van der Waals surface area (Å²) in [4.78, 5) is 6.73. The first-order valence-corrected chi connectivity index (χ1v) is 6.90. The van der Waals surface area contributed by atoms with E-state index in [-0.39, 0.29) is 0 Å². The van der Waals surface area contributed by atoms with E-state index in [1.165, 1.54) is 5.56 Å². The molecular weight excluding hydrogens is 236 g/mol. The first kappa shape index (κ1) is 15.5. The molecule has 1 aromatic carbocycles. The lowest BCUT2D eigenvalue weighted by atomic mass is 10.2. The number of nitrogens with one attached hydrogen (secondary N) is 1. The lowest BCUT2D eigenvalue weighted by Crippen LogP contribution is -2.33. The zero-order chi connectivity index (χ0) is 14.3. The third-order valence-corrected chi connectivity index (χ3v) is 3.10. The van der Waals surface area contributed by atoms with Gasteiger partial charge in [0, 0.05) is 18.3 Å². The molecule has 0 aliphatic heterocycles. The van der Waals surface area contributed by atoms with Crippen LogP contribution in [-0.4, -0.2) is 36.5 Å². The van der Waals surface area contributed by atoms with Crippen LogP contribution in [0.4, 0.5) is 5.69 Å². The summed E-state index contributed by atoms with van der Waals surface area (Å²) in [6, 6.07) is 8.64. The van der Waals surface area contributed by atoms with E-state index in [9.17, 15) is 0 Å². The van der Waals surface area contributed by atoms with Crippen LogP contribution in [0, 0.1) is 6.92 Å². The molecule has 0 aromatic heterocycles. The molecule has 106 valence electrons. The Morgan fingerprint density at radius 1 is 1.42 bits per heavy atom. The number of nitrogens with two attached hydrogens (primary N) is 1. The minimum atomic E-state index is 0.477. The molecule has 1 rings (SSSR count). The van der Waals surface area contributed by atoms with Crippen molar-refractivity contribution in [3.8, 4) is 0 Å². The van der Waals surface area contributed by atoms with Gasteiger partial charge in [0.2, 0.25) is 0 Å². The van der Waals surface area contributed by atoms with E-state index in [0.29, 0.717) is 12.0 Å². The molecule has 4 heteroatoms. The second kappa shape index (κ2) is 7.79. The fourth-order valence-electron chi connectivity index (χ4n) is 1.99. The Hall–Kier alpha value is -1.55. The Morgan fingerprint density at radius 2 is 2.16 bits per heavy atom. The molecule has 1 aromatic rings. The van der Waals surface area contributed by atoms with Crippen LogP contribution >= 0.6 is 0 Å². The van der Waals surface area contributed by atoms with E-state index in [1.54, 1.807) is 0 Å². The van der Waals surface area contributed by atoms with Crippen molar-refractivity contribution in [1.82, 2.24) is 4.90 Å². The van der Waals surface area contributed by atoms with Gasteiger partial charge in [-0.2, -0.15) is 0 Å². The average molecular weight is 262 g/mol. The highest BCUT2D eigenvalue weighted by Gasteiger charge is 2.05. The van der Waals surface area contributed by atoms with Gasteiger partial charge in [0.15, 0.2) is 5.96 Å². The standard InChI is InChI=1S/C15H26N4/c1-5-19(12(2)3)10-9-17-15(16)18-14-8-6-7-13(4)11-14/h6-8,11-12H,5,9-10H2,1-4H3,(H3,16,17,18). The van der Waals surface area contributed by atoms with Gasteiger partial charge in [-0.1, -0.05) is 19.1 Å². The van der Waals surface area contributed by atoms with Gasteiger partial charge in [-0.15, -0.1) is 0 Å². The molecule has 0 bridgehead atoms. The Morgan fingerprint density at radius 3 is 2.74 bits per heavy atom. The number of benzene rings is 1. The van der Waals surface area contributed by atoms with Crippen LogP contribution in [0.5, 0.6) is 0 Å². The van der Waals surface area contributed by atoms with Crippen molar-refractivity contribution in [2.75, 3.05) is 25.0 Å². The summed E-state index contributed by atoms with van der Waals surface area (Å²) in [5.74, 6) is 0.477. The largest absolute Gasteiger partial charge is 0.370 e. The number of aryl methyl sites for hydroxylation is 1. The Kier molecular flexibility index (Phi) is 6.36. The topological polar surface area (TPSA) is 53.6 Å². The Bertz CT molecular complexity index is 412. The lowest BCUT2D eigenvalue weighted by Gasteiger charge is -2.23. The van der Waals surface area contributed by atoms with Crippen molar-refractivity contribution < 1.29 is 0 Å². The molecule has 0 aliphatic rings. The van der Waals surface area contributed by atoms with Gasteiger partial charge >= 0.3 is 0 Å². The number of guanidine groups is 1. The highest BCUT2D eigenvalue weighted by molar-refractivity contribution is 5.92. The molecule has 0 unspecified atom stereocenters. The molecule has 0 heterocycles. The average Bonchev–Trinajstić information content (AvgIpc) is 2.34. The van der Waals surface area contributed by atoms with Crippen LogP contribution in [0.2, 0.25) is 0 Å². The molecule has 4 nitrogen and oxygen atoms in total. The van der Waals surface area contributed by atoms with Crippen molar-refractivity contribution in [2.45, 2.75) is 33.7 Å². The molecular formula is C15H26N4. The molecule has 0 aliphatic carbocycles. The quantitative estimate of drug-likeness (QED) is 0.611. The molecule has 19 heavy (non-hydrogen) atoms. The maximum Gasteiger partial charge on any atom is 0.193 e. The van der Waals surface area contributed by atoms with E-state index < -0.39 is 0 Å². The molecule has 0 saturated carbocycles. The highest BCUT2D eigenvalue weighted by Crippen LogP contribution is 2.08. The summed E-state index contributed by atoms with van der Waals surface area (Å²) in [6.45, 7) is 11.3. The van der Waals surface area contributed by atoms with E-state index in [2.05, 4.69) is 55.0 Å². The fourth-order valence-corrected chi connectivity index (χ4v) is 1.99. The van der Waals surface area contributed by atoms with E-state index in [1.807, 2.05) is 12.1 Å². The molecule has 0 fully saturated rings. The normalized spacial score (nSPS) is 12.2. The first-order chi connectivity index (χ1) is 9.02. The summed E-state index contributed by atoms with van der Waals surface area (Å²) in [5, 5.41) is 3.11. The SMILES string of the molecule is CCN(CCN=C(N)Nc1cccc(C)c1)C(C)C. The number of hydrogen-bond acceptors (Lipinski definition) is 2. The summed E-state index contributed by atoms with van der Waals surface area (Å²) >= 11 is 0. The van der Waals surface area contributed by atoms with Crippen LogP contribution in [0.25, 0.3) is 0 Å². The predicted molar refractivity (Wildman–Crippen MR) is 83.7 cm³/mol. The number of hydrogen-bond donors (Lipinski definition) is 2. The van der Waals surface area contributed by atoms with Crippen molar-refractivity contribution in [3.05, 3.63) is 29.8 Å². The van der Waals surface area contributed by atoms with E-state index in [0.717, 1.165) is 25.3 Å². The van der Waals surface area contributed by atoms with Crippen LogP contribution in [-0.2, 0) is 0 Å². The van der Waals surface area contributed by atoms with Crippen molar-refractivity contribution in [1.29, 1.82) is 0 Å². The lowest BCUT2D eigenvalue weighted by molar-refractivity contribution is 0.241. The van der Waals surface area contributed by atoms with Crippen LogP contribution < -0.4 is 11.1 Å². The van der Waals surface area contributed by atoms with Gasteiger partial charge in [-0.3, -0.25) is 9.89 Å². The summed E-state index contributed by atoms with van der Waals surface area (Å²) < 4.78 is 0. The van der Waals surface area contributed by atoms with Gasteiger partial charge in [0.1, 0.15) is 0 Å². The number of nitrogens with zero attached hydrogens (tertiary/aromatic N) is 2. The first-order valence-electron chi connectivity index (χ1n) is 6.90. The summed E-state index contributed by atoms with van der Waals surface area (Å²) in [5.41, 5.74) is 8.07. The minimum Gasteiger partial charge on any atom is -0.370 e. The van der Waals surface area contributed by atoms with Gasteiger partial charge in [-0.25, -0.2) is 0 Å². The number of rotatable bonds is 6. The summed E-state index contributed by atoms with van der Waals surface area (Å²) in [6.07, 6.45) is 0. The molecule has 0 spiro atoms. The second-order valence-electron chi connectivity index (χ2n) is 4.98. The van der Waals surface area contributed by atoms with Gasteiger partial charge in [0.25, 0.3) is 0 Å². The third-order valence-electron chi connectivity index (χ3n) is 3.10.